The van der Waals surface area contributed by atoms with Crippen LogP contribution in [0.1, 0.15) is 20.8 Å². The summed E-state index contributed by atoms with van der Waals surface area (Å²) in [5, 5.41) is 0. The van der Waals surface area contributed by atoms with Crippen LogP contribution in [0.4, 0.5) is 0 Å². The van der Waals surface area contributed by atoms with E-state index in [9.17, 15) is 0 Å². The van der Waals surface area contributed by atoms with E-state index in [1.165, 1.54) is 0 Å². The van der Waals surface area contributed by atoms with Gasteiger partial charge in [0.15, 0.2) is 5.96 Å². The fourth-order valence-electron chi connectivity index (χ4n) is 1.47. The van der Waals surface area contributed by atoms with Gasteiger partial charge >= 0.3 is 0 Å². The van der Waals surface area contributed by atoms with Gasteiger partial charge in [-0.3, -0.25) is 4.99 Å². The van der Waals surface area contributed by atoms with Gasteiger partial charge in [-0.1, -0.05) is 0 Å². The molecule has 0 radical (unpaired) electrons. The van der Waals surface area contributed by atoms with Crippen molar-refractivity contribution in [3.63, 3.8) is 0 Å². The normalized spacial score (nSPS) is 23.3. The highest BCUT2D eigenvalue weighted by atomic mass is 32.2. The Morgan fingerprint density at radius 2 is 2.31 bits per heavy atom. The number of hydrogen-bond acceptors (Lipinski definition) is 2. The Morgan fingerprint density at radius 3 is 2.85 bits per heavy atom. The van der Waals surface area contributed by atoms with E-state index in [4.69, 9.17) is 5.73 Å². The van der Waals surface area contributed by atoms with Gasteiger partial charge in [0.25, 0.3) is 0 Å². The predicted octanol–water partition coefficient (Wildman–Crippen LogP) is 1.15. The van der Waals surface area contributed by atoms with Crippen LogP contribution in [-0.4, -0.2) is 41.0 Å². The van der Waals surface area contributed by atoms with Crippen molar-refractivity contribution in [3.8, 4) is 0 Å². The Kier molecular flexibility index (Phi) is 3.47. The van der Waals surface area contributed by atoms with E-state index in [0.29, 0.717) is 10.7 Å². The quantitative estimate of drug-likeness (QED) is 0.511. The number of aliphatic imine (C=N–C) groups is 1. The molecule has 0 amide bonds. The SMILES string of the molecule is CCN=C(N)N1CCSC(C)(C)C1. The van der Waals surface area contributed by atoms with Crippen LogP contribution in [0.2, 0.25) is 0 Å². The van der Waals surface area contributed by atoms with E-state index in [1.54, 1.807) is 0 Å². The van der Waals surface area contributed by atoms with E-state index >= 15 is 0 Å². The zero-order chi connectivity index (χ0) is 9.90. The highest BCUT2D eigenvalue weighted by molar-refractivity contribution is 8.00. The monoisotopic (exact) mass is 201 g/mol. The van der Waals surface area contributed by atoms with Gasteiger partial charge in [-0.25, -0.2) is 0 Å². The molecule has 0 spiro atoms. The van der Waals surface area contributed by atoms with Crippen molar-refractivity contribution in [1.82, 2.24) is 4.90 Å². The predicted molar refractivity (Wildman–Crippen MR) is 60.3 cm³/mol. The lowest BCUT2D eigenvalue weighted by Crippen LogP contribution is -2.49. The second-order valence-electron chi connectivity index (χ2n) is 3.86. The summed E-state index contributed by atoms with van der Waals surface area (Å²) in [4.78, 5) is 6.41. The average molecular weight is 201 g/mol. The molecule has 0 saturated carbocycles. The zero-order valence-electron chi connectivity index (χ0n) is 8.71. The number of rotatable bonds is 1. The van der Waals surface area contributed by atoms with Crippen molar-refractivity contribution < 1.29 is 0 Å². The van der Waals surface area contributed by atoms with Crippen molar-refractivity contribution in [3.05, 3.63) is 0 Å². The highest BCUT2D eigenvalue weighted by Crippen LogP contribution is 2.29. The summed E-state index contributed by atoms with van der Waals surface area (Å²) >= 11 is 2.01. The van der Waals surface area contributed by atoms with Crippen LogP contribution in [0.25, 0.3) is 0 Å². The Morgan fingerprint density at radius 1 is 1.62 bits per heavy atom. The third-order valence-electron chi connectivity index (χ3n) is 2.07. The van der Waals surface area contributed by atoms with Crippen LogP contribution in [-0.2, 0) is 0 Å². The first-order chi connectivity index (χ1) is 6.05. The Hall–Kier alpha value is -0.380. The molecule has 0 aromatic carbocycles. The molecule has 0 aliphatic carbocycles. The molecule has 0 unspecified atom stereocenters. The molecule has 1 heterocycles. The molecule has 0 aromatic rings. The highest BCUT2D eigenvalue weighted by Gasteiger charge is 2.27. The van der Waals surface area contributed by atoms with E-state index in [0.717, 1.165) is 25.4 Å². The van der Waals surface area contributed by atoms with Crippen LogP contribution in [0.15, 0.2) is 4.99 Å². The first-order valence-corrected chi connectivity index (χ1v) is 5.72. The van der Waals surface area contributed by atoms with Crippen LogP contribution in [0, 0.1) is 0 Å². The topological polar surface area (TPSA) is 41.6 Å². The lowest BCUT2D eigenvalue weighted by molar-refractivity contribution is 0.384. The lowest BCUT2D eigenvalue weighted by Gasteiger charge is -2.38. The molecule has 1 aliphatic heterocycles. The maximum atomic E-state index is 5.85. The summed E-state index contributed by atoms with van der Waals surface area (Å²) in [6, 6.07) is 0. The molecule has 13 heavy (non-hydrogen) atoms. The summed E-state index contributed by atoms with van der Waals surface area (Å²) < 4.78 is 0.312. The first-order valence-electron chi connectivity index (χ1n) is 4.74. The maximum absolute atomic E-state index is 5.85. The molecule has 1 aliphatic rings. The van der Waals surface area contributed by atoms with Gasteiger partial charge in [0.1, 0.15) is 0 Å². The first kappa shape index (κ1) is 10.7. The molecule has 2 N–H and O–H groups in total. The zero-order valence-corrected chi connectivity index (χ0v) is 9.52. The lowest BCUT2D eigenvalue weighted by atomic mass is 10.2. The van der Waals surface area contributed by atoms with Crippen LogP contribution < -0.4 is 5.73 Å². The van der Waals surface area contributed by atoms with Crippen molar-refractivity contribution >= 4 is 17.7 Å². The van der Waals surface area contributed by atoms with Gasteiger partial charge in [0.2, 0.25) is 0 Å². The fourth-order valence-corrected chi connectivity index (χ4v) is 2.59. The molecular formula is C9H19N3S. The standard InChI is InChI=1S/C9H19N3S/c1-4-11-8(10)12-5-6-13-9(2,3)7-12/h4-7H2,1-3H3,(H2,10,11). The van der Waals surface area contributed by atoms with Crippen molar-refractivity contribution in [2.75, 3.05) is 25.4 Å². The van der Waals surface area contributed by atoms with E-state index in [2.05, 4.69) is 23.7 Å². The van der Waals surface area contributed by atoms with Crippen LogP contribution in [0.3, 0.4) is 0 Å². The summed E-state index contributed by atoms with van der Waals surface area (Å²) in [5.41, 5.74) is 5.85. The molecular weight excluding hydrogens is 182 g/mol. The molecule has 1 saturated heterocycles. The molecule has 4 heteroatoms. The summed E-state index contributed by atoms with van der Waals surface area (Å²) in [5.74, 6) is 1.85. The molecule has 76 valence electrons. The number of nitrogens with zero attached hydrogens (tertiary/aromatic N) is 2. The molecule has 1 fully saturated rings. The second-order valence-corrected chi connectivity index (χ2v) is 5.66. The van der Waals surface area contributed by atoms with Crippen molar-refractivity contribution in [1.29, 1.82) is 0 Å². The average Bonchev–Trinajstić information content (AvgIpc) is 2.03. The van der Waals surface area contributed by atoms with Crippen molar-refractivity contribution in [2.24, 2.45) is 10.7 Å². The van der Waals surface area contributed by atoms with Gasteiger partial charge in [-0.15, -0.1) is 0 Å². The largest absolute Gasteiger partial charge is 0.370 e. The van der Waals surface area contributed by atoms with E-state index in [-0.39, 0.29) is 0 Å². The fraction of sp³-hybridized carbons (Fsp3) is 0.889. The Bertz CT molecular complexity index is 201. The van der Waals surface area contributed by atoms with Gasteiger partial charge in [-0.05, 0) is 20.8 Å². The maximum Gasteiger partial charge on any atom is 0.191 e. The van der Waals surface area contributed by atoms with Gasteiger partial charge < -0.3 is 10.6 Å². The van der Waals surface area contributed by atoms with Gasteiger partial charge in [-0.2, -0.15) is 11.8 Å². The molecule has 0 bridgehead atoms. The smallest absolute Gasteiger partial charge is 0.191 e. The van der Waals surface area contributed by atoms with E-state index in [1.807, 2.05) is 18.7 Å². The number of thioether (sulfide) groups is 1. The molecule has 0 atom stereocenters. The number of guanidine groups is 1. The minimum atomic E-state index is 0.312. The summed E-state index contributed by atoms with van der Waals surface area (Å²) in [6.45, 7) is 9.33. The molecule has 3 nitrogen and oxygen atoms in total. The van der Waals surface area contributed by atoms with Gasteiger partial charge in [0.05, 0.1) is 0 Å². The molecule has 0 aromatic heterocycles. The molecule has 1 rings (SSSR count). The third kappa shape index (κ3) is 3.10. The Labute approximate surface area is 84.8 Å². The van der Waals surface area contributed by atoms with Crippen LogP contribution in [0.5, 0.6) is 0 Å². The summed E-state index contributed by atoms with van der Waals surface area (Å²) in [7, 11) is 0. The minimum Gasteiger partial charge on any atom is -0.370 e. The Balaban J connectivity index is 2.56. The van der Waals surface area contributed by atoms with Crippen LogP contribution >= 0.6 is 11.8 Å². The second kappa shape index (κ2) is 4.22. The summed E-state index contributed by atoms with van der Waals surface area (Å²) in [6.07, 6.45) is 0. The number of hydrogen-bond donors (Lipinski definition) is 1. The van der Waals surface area contributed by atoms with E-state index < -0.39 is 0 Å². The number of nitrogens with two attached hydrogens (primary N) is 1. The third-order valence-corrected chi connectivity index (χ3v) is 3.37. The van der Waals surface area contributed by atoms with Gasteiger partial charge in [0, 0.05) is 30.1 Å². The minimum absolute atomic E-state index is 0.312. The van der Waals surface area contributed by atoms with Crippen molar-refractivity contribution in [2.45, 2.75) is 25.5 Å².